The van der Waals surface area contributed by atoms with Gasteiger partial charge in [-0.3, -0.25) is 9.89 Å². The highest BCUT2D eigenvalue weighted by molar-refractivity contribution is 6.00. The first kappa shape index (κ1) is 17.4. The van der Waals surface area contributed by atoms with E-state index in [-0.39, 0.29) is 24.3 Å². The van der Waals surface area contributed by atoms with E-state index in [1.165, 1.54) is 13.0 Å². The van der Waals surface area contributed by atoms with Gasteiger partial charge in [0.05, 0.1) is 5.39 Å². The molecule has 0 unspecified atom stereocenters. The fraction of sp³-hybridized carbons (Fsp3) is 0.316. The number of carbonyl (C=O) groups excluding carboxylic acids is 1. The molecule has 1 amide bonds. The van der Waals surface area contributed by atoms with Gasteiger partial charge in [-0.15, -0.1) is 0 Å². The van der Waals surface area contributed by atoms with E-state index >= 15 is 0 Å². The SMILES string of the molecule is CC(=O)N[C@@H]1CCN(c2n[nH]c3nccc(-c4ccc(CN)c(F)c4)c23)C1. The first-order valence-corrected chi connectivity index (χ1v) is 8.91. The Morgan fingerprint density at radius 1 is 1.44 bits per heavy atom. The van der Waals surface area contributed by atoms with E-state index in [9.17, 15) is 9.18 Å². The smallest absolute Gasteiger partial charge is 0.217 e. The number of pyridine rings is 1. The number of benzene rings is 1. The topological polar surface area (TPSA) is 99.9 Å². The molecule has 1 aliphatic rings. The molecule has 3 aromatic rings. The van der Waals surface area contributed by atoms with Crippen molar-refractivity contribution in [1.82, 2.24) is 20.5 Å². The van der Waals surface area contributed by atoms with Crippen LogP contribution in [-0.4, -0.2) is 40.2 Å². The van der Waals surface area contributed by atoms with Crippen LogP contribution in [0.15, 0.2) is 30.5 Å². The van der Waals surface area contributed by atoms with Crippen LogP contribution in [0.5, 0.6) is 0 Å². The summed E-state index contributed by atoms with van der Waals surface area (Å²) in [7, 11) is 0. The summed E-state index contributed by atoms with van der Waals surface area (Å²) in [5, 5.41) is 11.2. The number of hydrogen-bond acceptors (Lipinski definition) is 5. The summed E-state index contributed by atoms with van der Waals surface area (Å²) in [6, 6.07) is 7.02. The van der Waals surface area contributed by atoms with Gasteiger partial charge in [0.1, 0.15) is 5.82 Å². The number of H-pyrrole nitrogens is 1. The highest BCUT2D eigenvalue weighted by Gasteiger charge is 2.27. The van der Waals surface area contributed by atoms with Gasteiger partial charge in [-0.1, -0.05) is 12.1 Å². The number of hydrogen-bond donors (Lipinski definition) is 3. The number of carbonyl (C=O) groups is 1. The van der Waals surface area contributed by atoms with Crippen LogP contribution in [-0.2, 0) is 11.3 Å². The minimum Gasteiger partial charge on any atom is -0.352 e. The van der Waals surface area contributed by atoms with Crippen LogP contribution in [0.2, 0.25) is 0 Å². The third kappa shape index (κ3) is 3.23. The van der Waals surface area contributed by atoms with E-state index in [1.54, 1.807) is 12.3 Å². The summed E-state index contributed by atoms with van der Waals surface area (Å²) >= 11 is 0. The van der Waals surface area contributed by atoms with Crippen LogP contribution in [0.1, 0.15) is 18.9 Å². The lowest BCUT2D eigenvalue weighted by atomic mass is 10.0. The predicted molar refractivity (Wildman–Crippen MR) is 102 cm³/mol. The number of amides is 1. The zero-order valence-corrected chi connectivity index (χ0v) is 15.0. The van der Waals surface area contributed by atoms with Gasteiger partial charge in [0.15, 0.2) is 11.5 Å². The zero-order valence-electron chi connectivity index (χ0n) is 15.0. The molecular formula is C19H21FN6O. The number of nitrogens with one attached hydrogen (secondary N) is 2. The maximum atomic E-state index is 14.3. The molecule has 7 nitrogen and oxygen atoms in total. The van der Waals surface area contributed by atoms with Crippen LogP contribution >= 0.6 is 0 Å². The second-order valence-electron chi connectivity index (χ2n) is 6.77. The van der Waals surface area contributed by atoms with Crippen LogP contribution in [0, 0.1) is 5.82 Å². The first-order chi connectivity index (χ1) is 13.1. The summed E-state index contributed by atoms with van der Waals surface area (Å²) in [6.45, 7) is 3.13. The maximum Gasteiger partial charge on any atom is 0.217 e. The van der Waals surface area contributed by atoms with Crippen molar-refractivity contribution in [3.63, 3.8) is 0 Å². The summed E-state index contributed by atoms with van der Waals surface area (Å²) < 4.78 is 14.3. The van der Waals surface area contributed by atoms with E-state index in [4.69, 9.17) is 5.73 Å². The molecule has 0 aliphatic carbocycles. The van der Waals surface area contributed by atoms with E-state index < -0.39 is 0 Å². The predicted octanol–water partition coefficient (Wildman–Crippen LogP) is 1.94. The van der Waals surface area contributed by atoms with Crippen molar-refractivity contribution in [3.8, 4) is 11.1 Å². The third-order valence-electron chi connectivity index (χ3n) is 4.92. The number of nitrogens with two attached hydrogens (primary N) is 1. The van der Waals surface area contributed by atoms with Crippen molar-refractivity contribution in [1.29, 1.82) is 0 Å². The standard InChI is InChI=1S/C19H21FN6O/c1-11(27)23-14-5-7-26(10-14)19-17-15(4-6-22-18(17)24-25-19)12-2-3-13(9-21)16(20)8-12/h2-4,6,8,14H,5,7,9-10,21H2,1H3,(H,23,27)(H,22,24,25)/t14-/m1/s1. The summed E-state index contributed by atoms with van der Waals surface area (Å²) in [5.41, 5.74) is 8.30. The van der Waals surface area contributed by atoms with Gasteiger partial charge in [0.2, 0.25) is 5.91 Å². The molecule has 4 N–H and O–H groups in total. The number of fused-ring (bicyclic) bond motifs is 1. The van der Waals surface area contributed by atoms with Crippen LogP contribution in [0.25, 0.3) is 22.2 Å². The van der Waals surface area contributed by atoms with Gasteiger partial charge in [-0.05, 0) is 29.7 Å². The van der Waals surface area contributed by atoms with Gasteiger partial charge in [-0.2, -0.15) is 5.10 Å². The Balaban J connectivity index is 1.74. The molecule has 0 bridgehead atoms. The van der Waals surface area contributed by atoms with Gasteiger partial charge in [0.25, 0.3) is 0 Å². The molecule has 4 rings (SSSR count). The summed E-state index contributed by atoms with van der Waals surface area (Å²) in [4.78, 5) is 17.8. The molecule has 27 heavy (non-hydrogen) atoms. The fourth-order valence-electron chi connectivity index (χ4n) is 3.64. The normalized spacial score (nSPS) is 16.9. The van der Waals surface area contributed by atoms with Gasteiger partial charge >= 0.3 is 0 Å². The highest BCUT2D eigenvalue weighted by atomic mass is 19.1. The molecule has 0 saturated carbocycles. The number of anilines is 1. The van der Waals surface area contributed by atoms with E-state index in [0.717, 1.165) is 35.3 Å². The number of aromatic amines is 1. The molecule has 1 saturated heterocycles. The molecule has 1 aliphatic heterocycles. The Morgan fingerprint density at radius 3 is 3.04 bits per heavy atom. The van der Waals surface area contributed by atoms with Crippen LogP contribution < -0.4 is 16.0 Å². The second-order valence-corrected chi connectivity index (χ2v) is 6.77. The lowest BCUT2D eigenvalue weighted by Crippen LogP contribution is -2.35. The minimum absolute atomic E-state index is 0.0356. The third-order valence-corrected chi connectivity index (χ3v) is 4.92. The Hall–Kier alpha value is -3.00. The summed E-state index contributed by atoms with van der Waals surface area (Å²) in [5.74, 6) is 0.410. The summed E-state index contributed by atoms with van der Waals surface area (Å²) in [6.07, 6.45) is 2.53. The van der Waals surface area contributed by atoms with Crippen LogP contribution in [0.4, 0.5) is 10.2 Å². The fourth-order valence-corrected chi connectivity index (χ4v) is 3.64. The molecule has 3 heterocycles. The molecule has 0 radical (unpaired) electrons. The Kier molecular flexibility index (Phi) is 4.49. The monoisotopic (exact) mass is 368 g/mol. The maximum absolute atomic E-state index is 14.3. The lowest BCUT2D eigenvalue weighted by molar-refractivity contribution is -0.119. The van der Waals surface area contributed by atoms with E-state index in [2.05, 4.69) is 25.4 Å². The molecule has 0 spiro atoms. The number of nitrogens with zero attached hydrogens (tertiary/aromatic N) is 3. The molecular weight excluding hydrogens is 347 g/mol. The van der Waals surface area contributed by atoms with E-state index in [1.807, 2.05) is 12.1 Å². The van der Waals surface area contributed by atoms with Crippen molar-refractivity contribution in [2.45, 2.75) is 25.9 Å². The van der Waals surface area contributed by atoms with Crippen molar-refractivity contribution in [2.75, 3.05) is 18.0 Å². The molecule has 140 valence electrons. The zero-order chi connectivity index (χ0) is 19.0. The largest absolute Gasteiger partial charge is 0.352 e. The Labute approximate surface area is 155 Å². The number of halogens is 1. The van der Waals surface area contributed by atoms with E-state index in [0.29, 0.717) is 17.8 Å². The number of rotatable bonds is 4. The van der Waals surface area contributed by atoms with Crippen LogP contribution in [0.3, 0.4) is 0 Å². The highest BCUT2D eigenvalue weighted by Crippen LogP contribution is 2.35. The van der Waals surface area contributed by atoms with Gasteiger partial charge in [0, 0.05) is 44.4 Å². The Bertz CT molecular complexity index is 1000. The molecule has 2 aromatic heterocycles. The molecule has 1 atom stereocenters. The quantitative estimate of drug-likeness (QED) is 0.653. The minimum atomic E-state index is -0.322. The molecule has 8 heteroatoms. The van der Waals surface area contributed by atoms with Crippen molar-refractivity contribution < 1.29 is 9.18 Å². The first-order valence-electron chi connectivity index (χ1n) is 8.91. The molecule has 1 aromatic carbocycles. The Morgan fingerprint density at radius 2 is 2.30 bits per heavy atom. The van der Waals surface area contributed by atoms with Crippen molar-refractivity contribution in [2.24, 2.45) is 5.73 Å². The molecule has 1 fully saturated rings. The number of aromatic nitrogens is 3. The van der Waals surface area contributed by atoms with Crippen molar-refractivity contribution >= 4 is 22.8 Å². The van der Waals surface area contributed by atoms with Gasteiger partial charge < -0.3 is 16.0 Å². The lowest BCUT2D eigenvalue weighted by Gasteiger charge is -2.17. The van der Waals surface area contributed by atoms with Crippen molar-refractivity contribution in [3.05, 3.63) is 41.8 Å². The average molecular weight is 368 g/mol. The van der Waals surface area contributed by atoms with Gasteiger partial charge in [-0.25, -0.2) is 9.37 Å². The second kappa shape index (κ2) is 6.96. The average Bonchev–Trinajstić information content (AvgIpc) is 3.27.